The normalized spacial score (nSPS) is 10.2. The molecule has 2 aromatic rings. The molecule has 0 unspecified atom stereocenters. The molecule has 0 fully saturated rings. The zero-order chi connectivity index (χ0) is 11.5. The fraction of sp³-hybridized carbons (Fsp3) is 0.0833. The van der Waals surface area contributed by atoms with E-state index >= 15 is 0 Å². The van der Waals surface area contributed by atoms with Crippen LogP contribution < -0.4 is 4.74 Å². The highest BCUT2D eigenvalue weighted by molar-refractivity contribution is 6.32. The van der Waals surface area contributed by atoms with Crippen molar-refractivity contribution in [1.82, 2.24) is 4.98 Å². The van der Waals surface area contributed by atoms with Crippen molar-refractivity contribution in [1.29, 1.82) is 0 Å². The molecule has 2 nitrogen and oxygen atoms in total. The Kier molecular flexibility index (Phi) is 3.06. The number of hydrogen-bond donors (Lipinski definition) is 0. The number of nitrogens with zero attached hydrogens (tertiary/aromatic N) is 1. The van der Waals surface area contributed by atoms with E-state index in [0.717, 1.165) is 11.1 Å². The molecular formula is C12H9ClFNO. The molecule has 16 heavy (non-hydrogen) atoms. The van der Waals surface area contributed by atoms with E-state index in [0.29, 0.717) is 10.9 Å². The van der Waals surface area contributed by atoms with Gasteiger partial charge in [-0.3, -0.25) is 0 Å². The Labute approximate surface area is 97.7 Å². The Morgan fingerprint density at radius 2 is 1.88 bits per heavy atom. The quantitative estimate of drug-likeness (QED) is 0.797. The van der Waals surface area contributed by atoms with Crippen LogP contribution in [-0.2, 0) is 0 Å². The third-order valence-corrected chi connectivity index (χ3v) is 2.45. The van der Waals surface area contributed by atoms with E-state index in [4.69, 9.17) is 16.3 Å². The van der Waals surface area contributed by atoms with Crippen LogP contribution in [0.2, 0.25) is 5.02 Å². The second kappa shape index (κ2) is 4.49. The minimum absolute atomic E-state index is 0.267. The van der Waals surface area contributed by atoms with Crippen LogP contribution in [0.3, 0.4) is 0 Å². The highest BCUT2D eigenvalue weighted by Gasteiger charge is 2.05. The summed E-state index contributed by atoms with van der Waals surface area (Å²) >= 11 is 5.95. The lowest BCUT2D eigenvalue weighted by atomic mass is 10.1. The van der Waals surface area contributed by atoms with E-state index in [1.54, 1.807) is 24.4 Å². The van der Waals surface area contributed by atoms with Crippen molar-refractivity contribution in [3.05, 3.63) is 47.4 Å². The molecule has 1 aromatic heterocycles. The molecule has 0 saturated carbocycles. The number of pyridine rings is 1. The van der Waals surface area contributed by atoms with E-state index in [1.807, 2.05) is 0 Å². The van der Waals surface area contributed by atoms with Crippen LogP contribution in [0.5, 0.6) is 5.88 Å². The van der Waals surface area contributed by atoms with E-state index in [9.17, 15) is 4.39 Å². The molecule has 0 radical (unpaired) electrons. The Bertz CT molecular complexity index is 499. The van der Waals surface area contributed by atoms with Gasteiger partial charge in [0.15, 0.2) is 0 Å². The van der Waals surface area contributed by atoms with E-state index < -0.39 is 0 Å². The SMILES string of the molecule is COc1ncc(-c2ccc(F)cc2)cc1Cl. The van der Waals surface area contributed by atoms with Gasteiger partial charge in [0.2, 0.25) is 5.88 Å². The van der Waals surface area contributed by atoms with Crippen LogP contribution in [-0.4, -0.2) is 12.1 Å². The molecule has 0 saturated heterocycles. The van der Waals surface area contributed by atoms with Crippen molar-refractivity contribution >= 4 is 11.6 Å². The number of rotatable bonds is 2. The van der Waals surface area contributed by atoms with Gasteiger partial charge < -0.3 is 4.74 Å². The van der Waals surface area contributed by atoms with Crippen LogP contribution in [0, 0.1) is 5.82 Å². The highest BCUT2D eigenvalue weighted by atomic mass is 35.5. The van der Waals surface area contributed by atoms with Gasteiger partial charge in [0.1, 0.15) is 10.8 Å². The minimum Gasteiger partial charge on any atom is -0.480 e. The Hall–Kier alpha value is -1.61. The Morgan fingerprint density at radius 1 is 1.19 bits per heavy atom. The molecule has 0 bridgehead atoms. The minimum atomic E-state index is -0.267. The van der Waals surface area contributed by atoms with Gasteiger partial charge in [0.25, 0.3) is 0 Å². The average Bonchev–Trinajstić information content (AvgIpc) is 2.30. The number of hydrogen-bond acceptors (Lipinski definition) is 2. The smallest absolute Gasteiger partial charge is 0.232 e. The summed E-state index contributed by atoms with van der Waals surface area (Å²) in [6.07, 6.45) is 1.64. The molecule has 0 amide bonds. The number of ether oxygens (including phenoxy) is 1. The fourth-order valence-electron chi connectivity index (χ4n) is 1.38. The summed E-state index contributed by atoms with van der Waals surface area (Å²) in [5.74, 6) is 0.115. The summed E-state index contributed by atoms with van der Waals surface area (Å²) in [6, 6.07) is 7.88. The maximum absolute atomic E-state index is 12.7. The first-order chi connectivity index (χ1) is 7.70. The number of halogens is 2. The molecule has 0 aliphatic carbocycles. The summed E-state index contributed by atoms with van der Waals surface area (Å²) in [5.41, 5.74) is 1.68. The third kappa shape index (κ3) is 2.14. The molecule has 0 atom stereocenters. The summed E-state index contributed by atoms with van der Waals surface area (Å²) < 4.78 is 17.7. The first-order valence-electron chi connectivity index (χ1n) is 4.66. The monoisotopic (exact) mass is 237 g/mol. The topological polar surface area (TPSA) is 22.1 Å². The van der Waals surface area contributed by atoms with Gasteiger partial charge in [-0.15, -0.1) is 0 Å². The maximum Gasteiger partial charge on any atom is 0.232 e. The van der Waals surface area contributed by atoms with Crippen LogP contribution in [0.1, 0.15) is 0 Å². The molecule has 0 aliphatic heterocycles. The predicted molar refractivity (Wildman–Crippen MR) is 61.2 cm³/mol. The van der Waals surface area contributed by atoms with Gasteiger partial charge in [-0.2, -0.15) is 0 Å². The molecule has 0 spiro atoms. The summed E-state index contributed by atoms with van der Waals surface area (Å²) in [5, 5.41) is 0.435. The van der Waals surface area contributed by atoms with Crippen molar-refractivity contribution in [2.24, 2.45) is 0 Å². The van der Waals surface area contributed by atoms with Crippen LogP contribution >= 0.6 is 11.6 Å². The molecular weight excluding hydrogens is 229 g/mol. The molecule has 82 valence electrons. The van der Waals surface area contributed by atoms with Gasteiger partial charge in [-0.1, -0.05) is 23.7 Å². The van der Waals surface area contributed by atoms with E-state index in [1.165, 1.54) is 19.2 Å². The van der Waals surface area contributed by atoms with Crippen LogP contribution in [0.4, 0.5) is 4.39 Å². The van der Waals surface area contributed by atoms with E-state index in [2.05, 4.69) is 4.98 Å². The second-order valence-electron chi connectivity index (χ2n) is 3.22. The van der Waals surface area contributed by atoms with Gasteiger partial charge >= 0.3 is 0 Å². The highest BCUT2D eigenvalue weighted by Crippen LogP contribution is 2.27. The van der Waals surface area contributed by atoms with Crippen LogP contribution in [0.15, 0.2) is 36.5 Å². The summed E-state index contributed by atoms with van der Waals surface area (Å²) in [6.45, 7) is 0. The summed E-state index contributed by atoms with van der Waals surface area (Å²) in [7, 11) is 1.51. The molecule has 1 heterocycles. The molecule has 1 aromatic carbocycles. The molecule has 2 rings (SSSR count). The lowest BCUT2D eigenvalue weighted by Gasteiger charge is -2.05. The lowest BCUT2D eigenvalue weighted by Crippen LogP contribution is -1.89. The van der Waals surface area contributed by atoms with Crippen molar-refractivity contribution in [3.63, 3.8) is 0 Å². The number of aromatic nitrogens is 1. The fourth-order valence-corrected chi connectivity index (χ4v) is 1.62. The first kappa shape index (κ1) is 10.9. The zero-order valence-electron chi connectivity index (χ0n) is 8.58. The third-order valence-electron chi connectivity index (χ3n) is 2.18. The van der Waals surface area contributed by atoms with Gasteiger partial charge in [0.05, 0.1) is 7.11 Å². The van der Waals surface area contributed by atoms with E-state index in [-0.39, 0.29) is 5.82 Å². The van der Waals surface area contributed by atoms with Crippen LogP contribution in [0.25, 0.3) is 11.1 Å². The average molecular weight is 238 g/mol. The van der Waals surface area contributed by atoms with Crippen molar-refractivity contribution in [2.45, 2.75) is 0 Å². The Balaban J connectivity index is 2.41. The largest absolute Gasteiger partial charge is 0.480 e. The maximum atomic E-state index is 12.7. The Morgan fingerprint density at radius 3 is 2.44 bits per heavy atom. The molecule has 4 heteroatoms. The number of methoxy groups -OCH3 is 1. The van der Waals surface area contributed by atoms with Crippen molar-refractivity contribution < 1.29 is 9.13 Å². The van der Waals surface area contributed by atoms with Crippen molar-refractivity contribution in [3.8, 4) is 17.0 Å². The lowest BCUT2D eigenvalue weighted by molar-refractivity contribution is 0.398. The number of benzene rings is 1. The molecule has 0 N–H and O–H groups in total. The van der Waals surface area contributed by atoms with Gasteiger partial charge in [-0.05, 0) is 23.8 Å². The predicted octanol–water partition coefficient (Wildman–Crippen LogP) is 3.55. The first-order valence-corrected chi connectivity index (χ1v) is 5.04. The zero-order valence-corrected chi connectivity index (χ0v) is 9.33. The molecule has 0 aliphatic rings. The summed E-state index contributed by atoms with van der Waals surface area (Å²) in [4.78, 5) is 4.05. The van der Waals surface area contributed by atoms with Crippen molar-refractivity contribution in [2.75, 3.05) is 7.11 Å². The van der Waals surface area contributed by atoms with Gasteiger partial charge in [0, 0.05) is 11.8 Å². The standard InChI is InChI=1S/C12H9ClFNO/c1-16-12-11(13)6-9(7-15-12)8-2-4-10(14)5-3-8/h2-7H,1H3. The van der Waals surface area contributed by atoms with Gasteiger partial charge in [-0.25, -0.2) is 9.37 Å². The second-order valence-corrected chi connectivity index (χ2v) is 3.63.